The van der Waals surface area contributed by atoms with E-state index in [1.165, 1.54) is 12.1 Å². The maximum atomic E-state index is 12.4. The summed E-state index contributed by atoms with van der Waals surface area (Å²) in [6.45, 7) is 6.94. The quantitative estimate of drug-likeness (QED) is 0.474. The Morgan fingerprint density at radius 1 is 1.03 bits per heavy atom. The summed E-state index contributed by atoms with van der Waals surface area (Å²) in [5.74, 6) is 0.569. The number of nitrogens with zero attached hydrogens (tertiary/aromatic N) is 2. The van der Waals surface area contributed by atoms with E-state index >= 15 is 0 Å². The van der Waals surface area contributed by atoms with Crippen molar-refractivity contribution in [1.29, 1.82) is 0 Å². The Labute approximate surface area is 216 Å². The summed E-state index contributed by atoms with van der Waals surface area (Å²) < 4.78 is 37.3. The lowest BCUT2D eigenvalue weighted by molar-refractivity contribution is 0.0570. The van der Waals surface area contributed by atoms with Crippen molar-refractivity contribution < 1.29 is 27.5 Å². The van der Waals surface area contributed by atoms with Gasteiger partial charge in [-0.25, -0.2) is 32.7 Å². The molecule has 0 aliphatic heterocycles. The van der Waals surface area contributed by atoms with E-state index in [4.69, 9.17) is 9.47 Å². The predicted molar refractivity (Wildman–Crippen MR) is 136 cm³/mol. The van der Waals surface area contributed by atoms with Crippen LogP contribution in [0.15, 0.2) is 41.6 Å². The number of ether oxygens (including phenoxy) is 2. The second kappa shape index (κ2) is 10.2. The molecule has 12 heteroatoms. The molecule has 2 saturated carbocycles. The molecular weight excluding hydrogens is 498 g/mol. The van der Waals surface area contributed by atoms with Crippen LogP contribution >= 0.6 is 0 Å². The zero-order valence-corrected chi connectivity index (χ0v) is 22.2. The molecule has 1 heterocycles. The Morgan fingerprint density at radius 2 is 1.68 bits per heavy atom. The van der Waals surface area contributed by atoms with E-state index < -0.39 is 21.7 Å². The number of hydrogen-bond donors (Lipinski definition) is 3. The summed E-state index contributed by atoms with van der Waals surface area (Å²) in [6.07, 6.45) is 6.38. The van der Waals surface area contributed by atoms with E-state index in [9.17, 15) is 18.0 Å². The summed E-state index contributed by atoms with van der Waals surface area (Å²) in [4.78, 5) is 32.6. The third-order valence-electron chi connectivity index (χ3n) is 6.24. The average molecular weight is 532 g/mol. The highest BCUT2D eigenvalue weighted by molar-refractivity contribution is 7.90. The Morgan fingerprint density at radius 3 is 2.27 bits per heavy atom. The fourth-order valence-electron chi connectivity index (χ4n) is 4.02. The Hall–Kier alpha value is -3.41. The molecule has 2 atom stereocenters. The molecule has 2 aromatic rings. The smallest absolute Gasteiger partial charge is 0.421 e. The van der Waals surface area contributed by atoms with Crippen molar-refractivity contribution in [3.63, 3.8) is 0 Å². The molecule has 0 saturated heterocycles. The molecule has 3 N–H and O–H groups in total. The standard InChI is InChI=1S/C25H33N5O6S/c1-24(2,3)36-23(32)30-37(33,34)20-9-6-18(7-10-20)28-21-26-14-17(15-27-21)16-5-8-19(13-16)35-22(31)29-25(4)11-12-25/h6-7,9-10,14-16,19H,5,8,11-13H2,1-4H3,(H,29,31)(H,30,32)(H,26,27,28). The molecule has 11 nitrogen and oxygen atoms in total. The number of sulfonamides is 1. The number of benzene rings is 1. The van der Waals surface area contributed by atoms with Gasteiger partial charge in [-0.1, -0.05) is 0 Å². The van der Waals surface area contributed by atoms with Crippen molar-refractivity contribution in [3.05, 3.63) is 42.2 Å². The first-order valence-electron chi connectivity index (χ1n) is 12.2. The first-order chi connectivity index (χ1) is 17.3. The number of rotatable bonds is 7. The van der Waals surface area contributed by atoms with E-state index in [-0.39, 0.29) is 28.5 Å². The lowest BCUT2D eigenvalue weighted by Crippen LogP contribution is -2.36. The van der Waals surface area contributed by atoms with Crippen LogP contribution in [0.5, 0.6) is 0 Å². The Bertz CT molecular complexity index is 1240. The summed E-state index contributed by atoms with van der Waals surface area (Å²) in [7, 11) is -4.07. The number of carbonyl (C=O) groups excluding carboxylic acids is 2. The Kier molecular flexibility index (Phi) is 7.31. The summed E-state index contributed by atoms with van der Waals surface area (Å²) >= 11 is 0. The van der Waals surface area contributed by atoms with Gasteiger partial charge in [-0.3, -0.25) is 0 Å². The molecule has 4 rings (SSSR count). The number of carbonyl (C=O) groups is 2. The van der Waals surface area contributed by atoms with Crippen molar-refractivity contribution in [2.24, 2.45) is 0 Å². The van der Waals surface area contributed by atoms with Crippen LogP contribution in [0.2, 0.25) is 0 Å². The molecule has 2 unspecified atom stereocenters. The highest BCUT2D eigenvalue weighted by atomic mass is 32.2. The van der Waals surface area contributed by atoms with Gasteiger partial charge in [0.2, 0.25) is 5.95 Å². The second-order valence-corrected chi connectivity index (χ2v) is 12.5. The topological polar surface area (TPSA) is 149 Å². The number of hydrogen-bond acceptors (Lipinski definition) is 9. The Balaban J connectivity index is 1.29. The average Bonchev–Trinajstić information content (AvgIpc) is 3.32. The molecule has 2 fully saturated rings. The predicted octanol–water partition coefficient (Wildman–Crippen LogP) is 4.35. The van der Waals surface area contributed by atoms with Crippen LogP contribution in [0.3, 0.4) is 0 Å². The summed E-state index contributed by atoms with van der Waals surface area (Å²) in [5, 5.41) is 5.95. The van der Waals surface area contributed by atoms with Gasteiger partial charge in [0.25, 0.3) is 10.0 Å². The van der Waals surface area contributed by atoms with Gasteiger partial charge >= 0.3 is 12.2 Å². The third-order valence-corrected chi connectivity index (χ3v) is 7.57. The number of nitrogens with one attached hydrogen (secondary N) is 3. The fraction of sp³-hybridized carbons (Fsp3) is 0.520. The number of alkyl carbamates (subject to hydrolysis) is 1. The van der Waals surface area contributed by atoms with Gasteiger partial charge in [0.05, 0.1) is 4.90 Å². The maximum Gasteiger partial charge on any atom is 0.421 e. The molecule has 2 amide bonds. The molecule has 37 heavy (non-hydrogen) atoms. The largest absolute Gasteiger partial charge is 0.446 e. The highest BCUT2D eigenvalue weighted by Gasteiger charge is 2.40. The molecule has 0 radical (unpaired) electrons. The monoisotopic (exact) mass is 531 g/mol. The maximum absolute atomic E-state index is 12.4. The summed E-state index contributed by atoms with van der Waals surface area (Å²) in [6, 6.07) is 5.82. The number of amides is 2. The van der Waals surface area contributed by atoms with E-state index in [0.717, 1.165) is 37.7 Å². The molecule has 1 aromatic carbocycles. The van der Waals surface area contributed by atoms with Crippen molar-refractivity contribution in [2.75, 3.05) is 5.32 Å². The third kappa shape index (κ3) is 7.54. The number of anilines is 2. The van der Waals surface area contributed by atoms with Crippen molar-refractivity contribution in [2.45, 2.75) is 87.9 Å². The second-order valence-electron chi connectivity index (χ2n) is 10.8. The van der Waals surface area contributed by atoms with Gasteiger partial charge in [-0.15, -0.1) is 0 Å². The molecule has 1 aromatic heterocycles. The molecular formula is C25H33N5O6S. The van der Waals surface area contributed by atoms with Crippen LogP contribution < -0.4 is 15.4 Å². The first-order valence-corrected chi connectivity index (χ1v) is 13.7. The minimum Gasteiger partial charge on any atom is -0.446 e. The molecule has 200 valence electrons. The van der Waals surface area contributed by atoms with E-state index in [1.807, 2.05) is 11.6 Å². The van der Waals surface area contributed by atoms with Crippen LogP contribution in [0.4, 0.5) is 21.2 Å². The zero-order valence-electron chi connectivity index (χ0n) is 21.4. The fourth-order valence-corrected chi connectivity index (χ4v) is 4.89. The minimum atomic E-state index is -4.07. The van der Waals surface area contributed by atoms with Crippen molar-refractivity contribution in [3.8, 4) is 0 Å². The van der Waals surface area contributed by atoms with Gasteiger partial charge in [0, 0.05) is 23.6 Å². The van der Waals surface area contributed by atoms with E-state index in [0.29, 0.717) is 11.6 Å². The first kappa shape index (κ1) is 26.6. The summed E-state index contributed by atoms with van der Waals surface area (Å²) in [5.41, 5.74) is 0.632. The van der Waals surface area contributed by atoms with Crippen LogP contribution in [0.25, 0.3) is 0 Å². The van der Waals surface area contributed by atoms with Crippen molar-refractivity contribution >= 4 is 33.8 Å². The molecule has 2 aliphatic carbocycles. The van der Waals surface area contributed by atoms with Gasteiger partial charge in [-0.05, 0) is 95.5 Å². The molecule has 0 spiro atoms. The van der Waals surface area contributed by atoms with Crippen LogP contribution in [0, 0.1) is 0 Å². The van der Waals surface area contributed by atoms with Gasteiger partial charge < -0.3 is 20.1 Å². The lowest BCUT2D eigenvalue weighted by Gasteiger charge is -2.19. The van der Waals surface area contributed by atoms with Gasteiger partial charge in [0.15, 0.2) is 0 Å². The zero-order chi connectivity index (χ0) is 26.8. The minimum absolute atomic E-state index is 0.0851. The van der Waals surface area contributed by atoms with E-state index in [1.54, 1.807) is 45.3 Å². The van der Waals surface area contributed by atoms with Crippen molar-refractivity contribution in [1.82, 2.24) is 20.0 Å². The van der Waals surface area contributed by atoms with E-state index in [2.05, 4.69) is 20.6 Å². The SMILES string of the molecule is CC1(NC(=O)OC2CCC(c3cnc(Nc4ccc(S(=O)(=O)NC(=O)OC(C)(C)C)cc4)nc3)C2)CC1. The van der Waals surface area contributed by atoms with Gasteiger partial charge in [-0.2, -0.15) is 0 Å². The molecule has 0 bridgehead atoms. The van der Waals surface area contributed by atoms with Gasteiger partial charge in [0.1, 0.15) is 11.7 Å². The lowest BCUT2D eigenvalue weighted by atomic mass is 10.0. The normalized spacial score (nSPS) is 20.5. The number of aromatic nitrogens is 2. The highest BCUT2D eigenvalue weighted by Crippen LogP contribution is 2.37. The van der Waals surface area contributed by atoms with Crippen LogP contribution in [0.1, 0.15) is 71.3 Å². The van der Waals surface area contributed by atoms with Crippen LogP contribution in [-0.4, -0.2) is 47.8 Å². The van der Waals surface area contributed by atoms with Crippen LogP contribution in [-0.2, 0) is 19.5 Å². The molecule has 2 aliphatic rings.